The van der Waals surface area contributed by atoms with E-state index in [0.717, 1.165) is 28.2 Å². The molecule has 58 heavy (non-hydrogen) atoms. The zero-order chi connectivity index (χ0) is 40.5. The Hall–Kier alpha value is -5.86. The van der Waals surface area contributed by atoms with Gasteiger partial charge in [-0.1, -0.05) is 160 Å². The fourth-order valence-electron chi connectivity index (χ4n) is 10.0. The van der Waals surface area contributed by atoms with Crippen molar-refractivity contribution in [2.24, 2.45) is 0 Å². The first-order valence-corrected chi connectivity index (χ1v) is 20.9. The quantitative estimate of drug-likeness (QED) is 0.178. The van der Waals surface area contributed by atoms with Crippen molar-refractivity contribution in [3.63, 3.8) is 0 Å². The summed E-state index contributed by atoms with van der Waals surface area (Å²) in [5.41, 5.74) is 20.7. The van der Waals surface area contributed by atoms with E-state index < -0.39 is 0 Å². The molecule has 0 amide bonds. The molecule has 10 rings (SSSR count). The molecule has 2 heteroatoms. The maximum Gasteiger partial charge on any atom is 0.139 e. The van der Waals surface area contributed by atoms with Crippen molar-refractivity contribution in [1.82, 2.24) is 0 Å². The Labute approximate surface area is 344 Å². The van der Waals surface area contributed by atoms with E-state index in [2.05, 4.69) is 214 Å². The van der Waals surface area contributed by atoms with Crippen molar-refractivity contribution >= 4 is 39.0 Å². The van der Waals surface area contributed by atoms with E-state index in [1.165, 1.54) is 77.5 Å². The first-order valence-electron chi connectivity index (χ1n) is 20.9. The van der Waals surface area contributed by atoms with Crippen LogP contribution >= 0.6 is 0 Å². The Balaban J connectivity index is 1.21. The highest BCUT2D eigenvalue weighted by Crippen LogP contribution is 2.56. The van der Waals surface area contributed by atoms with E-state index >= 15 is 0 Å². The van der Waals surface area contributed by atoms with Crippen molar-refractivity contribution in [1.29, 1.82) is 0 Å². The number of fused-ring (bicyclic) bond motifs is 10. The molecule has 0 atom stereocenters. The lowest BCUT2D eigenvalue weighted by molar-refractivity contribution is 0.559. The molecule has 2 nitrogen and oxygen atoms in total. The van der Waals surface area contributed by atoms with Crippen molar-refractivity contribution < 1.29 is 4.42 Å². The SMILES string of the molecule is CC(C)(C)c1cc(C(C)(C)C)c2oc3ccc4c(c3c2c1)-c1cc(N(c2ccc(-c3ccccc3)cc2)c2ccc3c(c2)C(C)(C)c2ccccc2-3)ccc1C4(C)C. The first-order chi connectivity index (χ1) is 27.5. The van der Waals surface area contributed by atoms with Gasteiger partial charge in [0.2, 0.25) is 0 Å². The Bertz CT molecular complexity index is 2940. The van der Waals surface area contributed by atoms with Crippen LogP contribution in [0.4, 0.5) is 17.1 Å². The van der Waals surface area contributed by atoms with Crippen LogP contribution in [0.5, 0.6) is 0 Å². The normalized spacial score (nSPS) is 15.0. The Morgan fingerprint density at radius 1 is 0.466 bits per heavy atom. The summed E-state index contributed by atoms with van der Waals surface area (Å²) in [5.74, 6) is 0. The van der Waals surface area contributed by atoms with E-state index in [-0.39, 0.29) is 21.7 Å². The summed E-state index contributed by atoms with van der Waals surface area (Å²) >= 11 is 0. The first kappa shape index (κ1) is 36.5. The number of hydrogen-bond donors (Lipinski definition) is 0. The summed E-state index contributed by atoms with van der Waals surface area (Å²) in [6.45, 7) is 23.4. The predicted molar refractivity (Wildman–Crippen MR) is 246 cm³/mol. The van der Waals surface area contributed by atoms with Gasteiger partial charge in [0.1, 0.15) is 11.2 Å². The number of anilines is 3. The lowest BCUT2D eigenvalue weighted by Gasteiger charge is -2.29. The van der Waals surface area contributed by atoms with E-state index in [9.17, 15) is 0 Å². The average Bonchev–Trinajstić information content (AvgIpc) is 3.77. The molecule has 0 N–H and O–H groups in total. The van der Waals surface area contributed by atoms with Crippen LogP contribution in [0.2, 0.25) is 0 Å². The predicted octanol–water partition coefficient (Wildman–Crippen LogP) is 15.9. The van der Waals surface area contributed by atoms with Gasteiger partial charge in [0.05, 0.1) is 0 Å². The number of hydrogen-bond acceptors (Lipinski definition) is 2. The summed E-state index contributed by atoms with van der Waals surface area (Å²) in [7, 11) is 0. The summed E-state index contributed by atoms with van der Waals surface area (Å²) in [6, 6.07) is 52.3. The third kappa shape index (κ3) is 5.37. The molecule has 0 saturated carbocycles. The molecule has 0 saturated heterocycles. The van der Waals surface area contributed by atoms with Crippen molar-refractivity contribution in [3.05, 3.63) is 173 Å². The molecule has 0 radical (unpaired) electrons. The second-order valence-corrected chi connectivity index (χ2v) is 19.9. The smallest absolute Gasteiger partial charge is 0.139 e. The van der Waals surface area contributed by atoms with Gasteiger partial charge < -0.3 is 9.32 Å². The van der Waals surface area contributed by atoms with Gasteiger partial charge in [0, 0.05) is 44.2 Å². The van der Waals surface area contributed by atoms with Gasteiger partial charge in [0.25, 0.3) is 0 Å². The zero-order valence-corrected chi connectivity index (χ0v) is 35.6. The van der Waals surface area contributed by atoms with Crippen LogP contribution in [0.15, 0.2) is 144 Å². The van der Waals surface area contributed by atoms with Gasteiger partial charge in [-0.3, -0.25) is 0 Å². The van der Waals surface area contributed by atoms with Crippen LogP contribution in [0.1, 0.15) is 103 Å². The van der Waals surface area contributed by atoms with Gasteiger partial charge in [-0.15, -0.1) is 0 Å². The average molecular weight is 756 g/mol. The zero-order valence-electron chi connectivity index (χ0n) is 35.6. The van der Waals surface area contributed by atoms with E-state index in [1.54, 1.807) is 0 Å². The number of rotatable bonds is 4. The largest absolute Gasteiger partial charge is 0.456 e. The molecule has 2 aliphatic rings. The lowest BCUT2D eigenvalue weighted by atomic mass is 9.79. The maximum atomic E-state index is 6.93. The Morgan fingerprint density at radius 2 is 1.05 bits per heavy atom. The van der Waals surface area contributed by atoms with E-state index in [1.807, 2.05) is 0 Å². The second kappa shape index (κ2) is 12.3. The van der Waals surface area contributed by atoms with Crippen LogP contribution in [0, 0.1) is 0 Å². The molecule has 0 fully saturated rings. The molecule has 0 bridgehead atoms. The van der Waals surface area contributed by atoms with Crippen molar-refractivity contribution in [2.45, 2.75) is 90.9 Å². The molecular weight excluding hydrogens is 703 g/mol. The molecule has 7 aromatic carbocycles. The van der Waals surface area contributed by atoms with Gasteiger partial charge in [-0.25, -0.2) is 0 Å². The third-order valence-corrected chi connectivity index (χ3v) is 13.3. The topological polar surface area (TPSA) is 16.4 Å². The summed E-state index contributed by atoms with van der Waals surface area (Å²) in [5, 5.41) is 2.44. The molecule has 288 valence electrons. The van der Waals surface area contributed by atoms with Crippen molar-refractivity contribution in [3.8, 4) is 33.4 Å². The summed E-state index contributed by atoms with van der Waals surface area (Å²) in [6.07, 6.45) is 0. The van der Waals surface area contributed by atoms with Gasteiger partial charge in [0.15, 0.2) is 0 Å². The highest BCUT2D eigenvalue weighted by atomic mass is 16.3. The monoisotopic (exact) mass is 755 g/mol. The third-order valence-electron chi connectivity index (χ3n) is 13.3. The number of nitrogens with zero attached hydrogens (tertiary/aromatic N) is 1. The fraction of sp³-hybridized carbons (Fsp3) is 0.250. The molecule has 0 spiro atoms. The van der Waals surface area contributed by atoms with Crippen LogP contribution in [-0.2, 0) is 21.7 Å². The van der Waals surface area contributed by atoms with Crippen LogP contribution in [-0.4, -0.2) is 0 Å². The van der Waals surface area contributed by atoms with Crippen LogP contribution in [0.25, 0.3) is 55.3 Å². The number of benzene rings is 7. The van der Waals surface area contributed by atoms with Crippen LogP contribution in [0.3, 0.4) is 0 Å². The highest BCUT2D eigenvalue weighted by molar-refractivity contribution is 6.16. The molecule has 0 aliphatic heterocycles. The second-order valence-electron chi connectivity index (χ2n) is 19.9. The minimum Gasteiger partial charge on any atom is -0.456 e. The standard InChI is InChI=1S/C56H53NO/c1-53(2,3)36-30-43-51-49(58-52(43)48(31-36)54(4,5)6)29-28-46-50(51)42-32-38(25-27-45(42)55(46,7)8)57(37-22-20-35(21-23-37)34-16-12-11-13-17-34)39-24-26-41-40-18-14-15-19-44(40)56(9,10)47(41)33-39/h11-33H,1-10H3. The maximum absolute atomic E-state index is 6.93. The molecule has 0 unspecified atom stereocenters. The van der Waals surface area contributed by atoms with Gasteiger partial charge in [-0.2, -0.15) is 0 Å². The Kier molecular flexibility index (Phi) is 7.75. The molecular formula is C56H53NO. The number of furan rings is 1. The lowest BCUT2D eigenvalue weighted by Crippen LogP contribution is -2.17. The van der Waals surface area contributed by atoms with Crippen LogP contribution < -0.4 is 4.90 Å². The van der Waals surface area contributed by atoms with Gasteiger partial charge >= 0.3 is 0 Å². The summed E-state index contributed by atoms with van der Waals surface area (Å²) < 4.78 is 6.93. The molecule has 2 aliphatic carbocycles. The van der Waals surface area contributed by atoms with E-state index in [4.69, 9.17) is 4.42 Å². The Morgan fingerprint density at radius 3 is 1.78 bits per heavy atom. The van der Waals surface area contributed by atoms with Gasteiger partial charge in [-0.05, 0) is 121 Å². The summed E-state index contributed by atoms with van der Waals surface area (Å²) in [4.78, 5) is 2.46. The minimum absolute atomic E-state index is 0.0115. The molecule has 8 aromatic rings. The molecule has 1 aromatic heterocycles. The van der Waals surface area contributed by atoms with E-state index in [0.29, 0.717) is 0 Å². The minimum atomic E-state index is -0.180. The highest BCUT2D eigenvalue weighted by Gasteiger charge is 2.40. The molecule has 1 heterocycles. The van der Waals surface area contributed by atoms with Crippen molar-refractivity contribution in [2.75, 3.05) is 4.90 Å². The fourth-order valence-corrected chi connectivity index (χ4v) is 10.0.